The van der Waals surface area contributed by atoms with Gasteiger partial charge >= 0.3 is 58.4 Å². The molecule has 0 aromatic rings. The van der Waals surface area contributed by atoms with E-state index in [4.69, 9.17) is 0 Å². The van der Waals surface area contributed by atoms with Gasteiger partial charge in [0.05, 0.1) is 13.2 Å². The SMILES string of the molecule is COCCNC(=O)CN(C)C[B-](F)(F)F.[K+]. The third kappa shape index (κ3) is 12.9. The number of methoxy groups -OCH3 is 1. The fraction of sp³-hybridized carbons (Fsp3) is 0.857. The third-order valence-corrected chi connectivity index (χ3v) is 1.56. The van der Waals surface area contributed by atoms with Crippen molar-refractivity contribution in [3.63, 3.8) is 0 Å². The van der Waals surface area contributed by atoms with Gasteiger partial charge in [-0.3, -0.25) is 4.79 Å². The molecule has 0 aliphatic carbocycles. The molecular formula is C7H15BF3KN2O2. The molecule has 1 amide bonds. The minimum Gasteiger partial charge on any atom is -0.448 e. The smallest absolute Gasteiger partial charge is 0.448 e. The number of likely N-dealkylation sites (N-methyl/N-ethyl adjacent to an activating group) is 1. The zero-order chi connectivity index (χ0) is 11.9. The number of halogens is 3. The van der Waals surface area contributed by atoms with Crippen LogP contribution in [0.5, 0.6) is 0 Å². The van der Waals surface area contributed by atoms with Crippen LogP contribution in [0.15, 0.2) is 0 Å². The minimum atomic E-state index is -4.87. The molecule has 0 spiro atoms. The van der Waals surface area contributed by atoms with Crippen molar-refractivity contribution in [1.82, 2.24) is 10.2 Å². The second kappa shape index (κ2) is 9.87. The van der Waals surface area contributed by atoms with Crippen LogP contribution in [-0.2, 0) is 9.53 Å². The summed E-state index contributed by atoms with van der Waals surface area (Å²) in [5, 5.41) is 2.43. The Balaban J connectivity index is 0. The van der Waals surface area contributed by atoms with Crippen molar-refractivity contribution in [1.29, 1.82) is 0 Å². The number of carbonyl (C=O) groups excluding carboxylic acids is 1. The van der Waals surface area contributed by atoms with Crippen molar-refractivity contribution < 1.29 is 73.9 Å². The van der Waals surface area contributed by atoms with E-state index in [0.717, 1.165) is 4.90 Å². The maximum absolute atomic E-state index is 11.9. The van der Waals surface area contributed by atoms with Crippen LogP contribution in [0, 0.1) is 0 Å². The van der Waals surface area contributed by atoms with Crippen molar-refractivity contribution >= 4 is 12.9 Å². The molecule has 0 fully saturated rings. The number of nitrogens with one attached hydrogen (secondary N) is 1. The van der Waals surface area contributed by atoms with E-state index in [-0.39, 0.29) is 57.9 Å². The monoisotopic (exact) mass is 266 g/mol. The maximum atomic E-state index is 11.9. The van der Waals surface area contributed by atoms with Crippen LogP contribution in [0.1, 0.15) is 0 Å². The molecule has 0 radical (unpaired) electrons. The summed E-state index contributed by atoms with van der Waals surface area (Å²) in [6.45, 7) is -4.48. The molecule has 0 aliphatic rings. The van der Waals surface area contributed by atoms with Crippen LogP contribution >= 0.6 is 0 Å². The van der Waals surface area contributed by atoms with E-state index >= 15 is 0 Å². The minimum absolute atomic E-state index is 0. The molecule has 0 unspecified atom stereocenters. The number of hydrogen-bond donors (Lipinski definition) is 1. The molecule has 0 aromatic carbocycles. The van der Waals surface area contributed by atoms with Gasteiger partial charge in [0.25, 0.3) is 0 Å². The third-order valence-electron chi connectivity index (χ3n) is 1.56. The van der Waals surface area contributed by atoms with Crippen LogP contribution < -0.4 is 56.7 Å². The largest absolute Gasteiger partial charge is 1.00 e. The molecule has 0 saturated carbocycles. The summed E-state index contributed by atoms with van der Waals surface area (Å²) >= 11 is 0. The Morgan fingerprint density at radius 2 is 2.00 bits per heavy atom. The van der Waals surface area contributed by atoms with Gasteiger partial charge in [0.1, 0.15) is 0 Å². The summed E-state index contributed by atoms with van der Waals surface area (Å²) in [6.07, 6.45) is -1.03. The van der Waals surface area contributed by atoms with E-state index in [0.29, 0.717) is 13.2 Å². The standard InChI is InChI=1S/C7H15BF3N2O2.K/c1-13(6-8(9,10)11)5-7(14)12-3-4-15-2;/h3-6H2,1-2H3,(H,12,14);/q-1;+1. The van der Waals surface area contributed by atoms with Gasteiger partial charge in [-0.05, 0) is 13.5 Å². The van der Waals surface area contributed by atoms with E-state index in [9.17, 15) is 17.7 Å². The second-order valence-electron chi connectivity index (χ2n) is 3.25. The second-order valence-corrected chi connectivity index (χ2v) is 3.25. The van der Waals surface area contributed by atoms with E-state index in [1.165, 1.54) is 14.2 Å². The first-order valence-corrected chi connectivity index (χ1v) is 4.50. The molecule has 1 N–H and O–H groups in total. The molecule has 0 atom stereocenters. The predicted molar refractivity (Wildman–Crippen MR) is 51.5 cm³/mol. The van der Waals surface area contributed by atoms with E-state index in [1.54, 1.807) is 0 Å². The van der Waals surface area contributed by atoms with Crippen molar-refractivity contribution in [2.24, 2.45) is 0 Å². The molecule has 16 heavy (non-hydrogen) atoms. The molecular weight excluding hydrogens is 251 g/mol. The van der Waals surface area contributed by atoms with Gasteiger partial charge in [-0.1, -0.05) is 0 Å². The van der Waals surface area contributed by atoms with Gasteiger partial charge in [-0.2, -0.15) is 0 Å². The molecule has 90 valence electrons. The van der Waals surface area contributed by atoms with Gasteiger partial charge < -0.3 is 27.9 Å². The topological polar surface area (TPSA) is 41.6 Å². The molecule has 0 rings (SSSR count). The summed E-state index contributed by atoms with van der Waals surface area (Å²) in [4.78, 5) is 12.0. The summed E-state index contributed by atoms with van der Waals surface area (Å²) in [5.41, 5.74) is 0. The Kier molecular flexibility index (Phi) is 11.9. The van der Waals surface area contributed by atoms with Crippen molar-refractivity contribution in [3.8, 4) is 0 Å². The Morgan fingerprint density at radius 3 is 2.44 bits per heavy atom. The number of nitrogens with zero attached hydrogens (tertiary/aromatic N) is 1. The normalized spacial score (nSPS) is 11.1. The van der Waals surface area contributed by atoms with Gasteiger partial charge in [0.15, 0.2) is 0 Å². The summed E-state index contributed by atoms with van der Waals surface area (Å²) in [5.74, 6) is -0.436. The first kappa shape index (κ1) is 19.2. The average molecular weight is 266 g/mol. The summed E-state index contributed by atoms with van der Waals surface area (Å²) < 4.78 is 40.5. The number of rotatable bonds is 7. The quantitative estimate of drug-likeness (QED) is 0.396. The van der Waals surface area contributed by atoms with Crippen LogP contribution in [0.3, 0.4) is 0 Å². The van der Waals surface area contributed by atoms with Crippen LogP contribution in [0.2, 0.25) is 0 Å². The fourth-order valence-corrected chi connectivity index (χ4v) is 1.01. The zero-order valence-corrected chi connectivity index (χ0v) is 12.9. The van der Waals surface area contributed by atoms with Gasteiger partial charge in [0, 0.05) is 13.7 Å². The molecule has 0 aromatic heterocycles. The number of carbonyl (C=O) groups is 1. The molecule has 4 nitrogen and oxygen atoms in total. The van der Waals surface area contributed by atoms with Crippen molar-refractivity contribution in [2.45, 2.75) is 0 Å². The average Bonchev–Trinajstić information content (AvgIpc) is 2.00. The summed E-state index contributed by atoms with van der Waals surface area (Å²) in [7, 11) is 2.73. The van der Waals surface area contributed by atoms with Gasteiger partial charge in [-0.15, -0.1) is 0 Å². The first-order chi connectivity index (χ1) is 6.85. The molecule has 0 heterocycles. The number of amides is 1. The van der Waals surface area contributed by atoms with Crippen molar-refractivity contribution in [3.05, 3.63) is 0 Å². The summed E-state index contributed by atoms with van der Waals surface area (Å²) in [6, 6.07) is 0. The van der Waals surface area contributed by atoms with E-state index < -0.39 is 19.3 Å². The Morgan fingerprint density at radius 1 is 1.44 bits per heavy atom. The molecule has 0 saturated heterocycles. The first-order valence-electron chi connectivity index (χ1n) is 4.50. The predicted octanol–water partition coefficient (Wildman–Crippen LogP) is -2.93. The number of hydrogen-bond acceptors (Lipinski definition) is 3. The Labute approximate surface area is 136 Å². The zero-order valence-electron chi connectivity index (χ0n) is 9.80. The van der Waals surface area contributed by atoms with Crippen LogP contribution in [0.25, 0.3) is 0 Å². The molecule has 9 heteroatoms. The van der Waals surface area contributed by atoms with Gasteiger partial charge in [-0.25, -0.2) is 0 Å². The maximum Gasteiger partial charge on any atom is 1.00 e. The van der Waals surface area contributed by atoms with E-state index in [2.05, 4.69) is 10.1 Å². The van der Waals surface area contributed by atoms with Gasteiger partial charge in [0.2, 0.25) is 5.91 Å². The molecule has 0 bridgehead atoms. The van der Waals surface area contributed by atoms with Crippen LogP contribution in [0.4, 0.5) is 12.9 Å². The Bertz CT molecular complexity index is 207. The number of ether oxygens (including phenoxy) is 1. The molecule has 0 aliphatic heterocycles. The van der Waals surface area contributed by atoms with Crippen LogP contribution in [-0.4, -0.2) is 58.1 Å². The Hall–Kier alpha value is 0.881. The fourth-order valence-electron chi connectivity index (χ4n) is 1.01. The van der Waals surface area contributed by atoms with Crippen molar-refractivity contribution in [2.75, 3.05) is 40.3 Å². The van der Waals surface area contributed by atoms with E-state index in [1.807, 2.05) is 0 Å².